The predicted octanol–water partition coefficient (Wildman–Crippen LogP) is 0.815. The zero-order chi connectivity index (χ0) is 13.4. The maximum Gasteiger partial charge on any atom is 0.254 e. The summed E-state index contributed by atoms with van der Waals surface area (Å²) >= 11 is 0. The molecule has 2 aromatic rings. The van der Waals surface area contributed by atoms with E-state index in [1.54, 1.807) is 30.2 Å². The molecule has 0 unspecified atom stereocenters. The zero-order valence-electron chi connectivity index (χ0n) is 10.6. The van der Waals surface area contributed by atoms with Gasteiger partial charge in [-0.05, 0) is 24.5 Å². The Hall–Kier alpha value is -2.37. The summed E-state index contributed by atoms with van der Waals surface area (Å²) in [6.45, 7) is 0. The number of aryl methyl sites for hydroxylation is 2. The standard InChI is InChI=1S/C13H15N5O/c1-18-7-8(6-15-18)13(19)17-11-4-3-10-9(11)2-5-12(14)16-10/h2,5-7,11H,3-4H2,1H3,(H2,14,16)(H,17,19)/t11-/m1/s1. The molecular weight excluding hydrogens is 242 g/mol. The summed E-state index contributed by atoms with van der Waals surface area (Å²) < 4.78 is 1.61. The van der Waals surface area contributed by atoms with Crippen molar-refractivity contribution in [3.05, 3.63) is 41.3 Å². The molecule has 3 N–H and O–H groups in total. The van der Waals surface area contributed by atoms with Gasteiger partial charge in [-0.15, -0.1) is 0 Å². The number of pyridine rings is 1. The Morgan fingerprint density at radius 3 is 3.11 bits per heavy atom. The van der Waals surface area contributed by atoms with Crippen LogP contribution in [-0.2, 0) is 13.5 Å². The van der Waals surface area contributed by atoms with Crippen molar-refractivity contribution in [2.75, 3.05) is 5.73 Å². The van der Waals surface area contributed by atoms with E-state index in [-0.39, 0.29) is 11.9 Å². The van der Waals surface area contributed by atoms with E-state index in [0.29, 0.717) is 11.4 Å². The number of nitrogens with one attached hydrogen (secondary N) is 1. The Bertz CT molecular complexity index is 634. The Labute approximate surface area is 110 Å². The number of carbonyl (C=O) groups is 1. The molecule has 2 heterocycles. The molecule has 1 atom stereocenters. The quantitative estimate of drug-likeness (QED) is 0.833. The number of hydrogen-bond donors (Lipinski definition) is 2. The van der Waals surface area contributed by atoms with Crippen molar-refractivity contribution in [2.24, 2.45) is 7.05 Å². The van der Waals surface area contributed by atoms with Crippen LogP contribution in [0.15, 0.2) is 24.5 Å². The lowest BCUT2D eigenvalue weighted by Crippen LogP contribution is -2.26. The third kappa shape index (κ3) is 2.16. The van der Waals surface area contributed by atoms with Gasteiger partial charge in [-0.3, -0.25) is 9.48 Å². The van der Waals surface area contributed by atoms with E-state index in [2.05, 4.69) is 15.4 Å². The molecular formula is C13H15N5O. The largest absolute Gasteiger partial charge is 0.384 e. The number of nitrogens with zero attached hydrogens (tertiary/aromatic N) is 3. The van der Waals surface area contributed by atoms with Crippen molar-refractivity contribution in [1.29, 1.82) is 0 Å². The van der Waals surface area contributed by atoms with Gasteiger partial charge in [-0.1, -0.05) is 6.07 Å². The van der Waals surface area contributed by atoms with Crippen molar-refractivity contribution in [3.8, 4) is 0 Å². The molecule has 0 spiro atoms. The Morgan fingerprint density at radius 2 is 2.37 bits per heavy atom. The number of anilines is 1. The topological polar surface area (TPSA) is 85.8 Å². The lowest BCUT2D eigenvalue weighted by atomic mass is 10.1. The van der Waals surface area contributed by atoms with Gasteiger partial charge in [0.25, 0.3) is 5.91 Å². The Morgan fingerprint density at radius 1 is 1.53 bits per heavy atom. The van der Waals surface area contributed by atoms with Crippen LogP contribution in [0.2, 0.25) is 0 Å². The van der Waals surface area contributed by atoms with Crippen LogP contribution in [0.3, 0.4) is 0 Å². The summed E-state index contributed by atoms with van der Waals surface area (Å²) in [4.78, 5) is 16.4. The molecule has 6 heteroatoms. The molecule has 98 valence electrons. The van der Waals surface area contributed by atoms with Crippen molar-refractivity contribution >= 4 is 11.7 Å². The minimum Gasteiger partial charge on any atom is -0.384 e. The first kappa shape index (κ1) is 11.7. The maximum atomic E-state index is 12.1. The van der Waals surface area contributed by atoms with Crippen molar-refractivity contribution in [2.45, 2.75) is 18.9 Å². The molecule has 0 radical (unpaired) electrons. The fourth-order valence-corrected chi connectivity index (χ4v) is 2.41. The summed E-state index contributed by atoms with van der Waals surface area (Å²) in [5, 5.41) is 7.01. The van der Waals surface area contributed by atoms with Crippen molar-refractivity contribution in [1.82, 2.24) is 20.1 Å². The van der Waals surface area contributed by atoms with Crippen LogP contribution in [0.25, 0.3) is 0 Å². The highest BCUT2D eigenvalue weighted by molar-refractivity contribution is 5.94. The minimum absolute atomic E-state index is 0.0100. The first-order chi connectivity index (χ1) is 9.13. The highest BCUT2D eigenvalue weighted by Gasteiger charge is 2.25. The van der Waals surface area contributed by atoms with E-state index in [1.165, 1.54) is 0 Å². The average Bonchev–Trinajstić information content (AvgIpc) is 2.96. The highest BCUT2D eigenvalue weighted by atomic mass is 16.1. The molecule has 0 aromatic carbocycles. The predicted molar refractivity (Wildman–Crippen MR) is 70.4 cm³/mol. The van der Waals surface area contributed by atoms with E-state index in [0.717, 1.165) is 24.1 Å². The van der Waals surface area contributed by atoms with Crippen LogP contribution >= 0.6 is 0 Å². The van der Waals surface area contributed by atoms with Gasteiger partial charge < -0.3 is 11.1 Å². The smallest absolute Gasteiger partial charge is 0.254 e. The summed E-state index contributed by atoms with van der Waals surface area (Å²) in [5.74, 6) is 0.417. The average molecular weight is 257 g/mol. The van der Waals surface area contributed by atoms with Gasteiger partial charge in [0.2, 0.25) is 0 Å². The number of carbonyl (C=O) groups excluding carboxylic acids is 1. The summed E-state index contributed by atoms with van der Waals surface area (Å²) in [6, 6.07) is 3.72. The molecule has 0 aliphatic heterocycles. The van der Waals surface area contributed by atoms with E-state index in [4.69, 9.17) is 5.73 Å². The summed E-state index contributed by atoms with van der Waals surface area (Å²) in [7, 11) is 1.79. The second kappa shape index (κ2) is 4.38. The first-order valence-corrected chi connectivity index (χ1v) is 6.18. The maximum absolute atomic E-state index is 12.1. The number of aromatic nitrogens is 3. The second-order valence-corrected chi connectivity index (χ2v) is 4.74. The van der Waals surface area contributed by atoms with Crippen LogP contribution < -0.4 is 11.1 Å². The van der Waals surface area contributed by atoms with Crippen molar-refractivity contribution < 1.29 is 4.79 Å². The third-order valence-corrected chi connectivity index (χ3v) is 3.35. The van der Waals surface area contributed by atoms with Gasteiger partial charge >= 0.3 is 0 Å². The minimum atomic E-state index is -0.109. The fourth-order valence-electron chi connectivity index (χ4n) is 2.41. The Kier molecular flexibility index (Phi) is 2.70. The van der Waals surface area contributed by atoms with Crippen LogP contribution in [0.1, 0.15) is 34.1 Å². The van der Waals surface area contributed by atoms with Crippen LogP contribution in [0.5, 0.6) is 0 Å². The molecule has 6 nitrogen and oxygen atoms in total. The van der Waals surface area contributed by atoms with E-state index < -0.39 is 0 Å². The van der Waals surface area contributed by atoms with Crippen LogP contribution in [0, 0.1) is 0 Å². The summed E-state index contributed by atoms with van der Waals surface area (Å²) in [6.07, 6.45) is 4.97. The number of nitrogen functional groups attached to an aromatic ring is 1. The molecule has 1 aliphatic rings. The molecule has 0 bridgehead atoms. The van der Waals surface area contributed by atoms with E-state index in [9.17, 15) is 4.79 Å². The Balaban J connectivity index is 1.78. The summed E-state index contributed by atoms with van der Waals surface area (Å²) in [5.41, 5.74) is 8.28. The number of hydrogen-bond acceptors (Lipinski definition) is 4. The van der Waals surface area contributed by atoms with Gasteiger partial charge in [-0.25, -0.2) is 4.98 Å². The van der Waals surface area contributed by atoms with E-state index >= 15 is 0 Å². The third-order valence-electron chi connectivity index (χ3n) is 3.35. The number of fused-ring (bicyclic) bond motifs is 1. The first-order valence-electron chi connectivity index (χ1n) is 6.18. The molecule has 1 aliphatic carbocycles. The molecule has 3 rings (SSSR count). The normalized spacial score (nSPS) is 17.2. The van der Waals surface area contributed by atoms with Crippen molar-refractivity contribution in [3.63, 3.8) is 0 Å². The molecule has 0 saturated carbocycles. The SMILES string of the molecule is Cn1cc(C(=O)N[C@@H]2CCc3nc(N)ccc32)cn1. The number of rotatable bonds is 2. The fraction of sp³-hybridized carbons (Fsp3) is 0.308. The van der Waals surface area contributed by atoms with E-state index in [1.807, 2.05) is 6.07 Å². The van der Waals surface area contributed by atoms with Gasteiger partial charge in [0.05, 0.1) is 17.8 Å². The zero-order valence-corrected chi connectivity index (χ0v) is 10.6. The number of amides is 1. The monoisotopic (exact) mass is 257 g/mol. The van der Waals surface area contributed by atoms with Gasteiger partial charge in [0.15, 0.2) is 0 Å². The van der Waals surface area contributed by atoms with Gasteiger partial charge in [-0.2, -0.15) is 5.10 Å². The highest BCUT2D eigenvalue weighted by Crippen LogP contribution is 2.30. The molecule has 0 fully saturated rings. The van der Waals surface area contributed by atoms with Gasteiger partial charge in [0.1, 0.15) is 5.82 Å². The van der Waals surface area contributed by atoms with Gasteiger partial charge in [0, 0.05) is 18.9 Å². The molecule has 1 amide bonds. The lowest BCUT2D eigenvalue weighted by Gasteiger charge is -2.13. The number of nitrogens with two attached hydrogens (primary N) is 1. The molecule has 0 saturated heterocycles. The molecule has 19 heavy (non-hydrogen) atoms. The molecule has 2 aromatic heterocycles. The van der Waals surface area contributed by atoms with Crippen LogP contribution in [0.4, 0.5) is 5.82 Å². The second-order valence-electron chi connectivity index (χ2n) is 4.74. The van der Waals surface area contributed by atoms with Crippen LogP contribution in [-0.4, -0.2) is 20.7 Å². The lowest BCUT2D eigenvalue weighted by molar-refractivity contribution is 0.0936.